The monoisotopic (exact) mass is 344 g/mol. The Morgan fingerprint density at radius 1 is 1.00 bits per heavy atom. The molecule has 0 heterocycles. The van der Waals surface area contributed by atoms with E-state index in [0.717, 1.165) is 22.9 Å². The normalized spacial score (nSPS) is 12.1. The minimum Gasteiger partial charge on any atom is -0.289 e. The average Bonchev–Trinajstić information content (AvgIpc) is 2.55. The summed E-state index contributed by atoms with van der Waals surface area (Å²) in [5.41, 5.74) is 2.79. The molecule has 2 heteroatoms. The highest BCUT2D eigenvalue weighted by atomic mass is 79.9. The van der Waals surface area contributed by atoms with E-state index in [4.69, 9.17) is 0 Å². The van der Waals surface area contributed by atoms with Crippen LogP contribution in [0.3, 0.4) is 0 Å². The Balaban J connectivity index is 2.12. The molecule has 0 N–H and O–H groups in total. The second-order valence-corrected chi connectivity index (χ2v) is 6.20. The lowest BCUT2D eigenvalue weighted by Crippen LogP contribution is -2.03. The third kappa shape index (κ3) is 4.53. The Hall–Kier alpha value is -1.41. The van der Waals surface area contributed by atoms with E-state index >= 15 is 0 Å². The molecule has 2 rings (SSSR count). The van der Waals surface area contributed by atoms with Crippen molar-refractivity contribution in [3.05, 3.63) is 71.3 Å². The smallest absolute Gasteiger partial charge is 0.193 e. The van der Waals surface area contributed by atoms with Crippen LogP contribution in [0.5, 0.6) is 0 Å². The number of carbonyl (C=O) groups excluding carboxylic acids is 1. The van der Waals surface area contributed by atoms with Gasteiger partial charge in [-0.05, 0) is 30.4 Å². The van der Waals surface area contributed by atoms with Gasteiger partial charge in [0.05, 0.1) is 0 Å². The highest BCUT2D eigenvalue weighted by Crippen LogP contribution is 2.23. The van der Waals surface area contributed by atoms with E-state index in [0.29, 0.717) is 5.92 Å². The van der Waals surface area contributed by atoms with Gasteiger partial charge >= 0.3 is 0 Å². The summed E-state index contributed by atoms with van der Waals surface area (Å²) < 4.78 is 0. The number of benzene rings is 2. The molecule has 0 saturated heterocycles. The number of hydrogen-bond donors (Lipinski definition) is 0. The maximum absolute atomic E-state index is 12.5. The van der Waals surface area contributed by atoms with Gasteiger partial charge in [-0.3, -0.25) is 4.79 Å². The van der Waals surface area contributed by atoms with Crippen LogP contribution >= 0.6 is 15.9 Å². The molecule has 0 aromatic heterocycles. The molecule has 21 heavy (non-hydrogen) atoms. The molecule has 2 aromatic carbocycles. The molecule has 0 aliphatic heterocycles. The molecule has 110 valence electrons. The van der Waals surface area contributed by atoms with E-state index in [1.54, 1.807) is 0 Å². The Bertz CT molecular complexity index is 577. The van der Waals surface area contributed by atoms with Crippen molar-refractivity contribution >= 4 is 21.7 Å². The number of halogens is 1. The van der Waals surface area contributed by atoms with E-state index < -0.39 is 0 Å². The molecule has 0 radical (unpaired) electrons. The first-order valence-corrected chi connectivity index (χ1v) is 8.60. The van der Waals surface area contributed by atoms with Gasteiger partial charge in [-0.2, -0.15) is 0 Å². The number of unbranched alkanes of at least 4 members (excludes halogenated alkanes) is 1. The highest BCUT2D eigenvalue weighted by molar-refractivity contribution is 9.09. The molecule has 0 spiro atoms. The molecule has 0 aliphatic rings. The predicted octanol–water partition coefficient (Wildman–Crippen LogP) is 5.59. The lowest BCUT2D eigenvalue weighted by Gasteiger charge is -2.12. The zero-order chi connectivity index (χ0) is 15.1. The van der Waals surface area contributed by atoms with Crippen LogP contribution in [0.25, 0.3) is 0 Å². The van der Waals surface area contributed by atoms with Crippen LogP contribution in [0, 0.1) is 0 Å². The minimum atomic E-state index is 0.102. The Labute approximate surface area is 135 Å². The molecular weight excluding hydrogens is 324 g/mol. The lowest BCUT2D eigenvalue weighted by atomic mass is 9.92. The van der Waals surface area contributed by atoms with E-state index in [-0.39, 0.29) is 5.78 Å². The van der Waals surface area contributed by atoms with Crippen molar-refractivity contribution in [1.82, 2.24) is 0 Å². The van der Waals surface area contributed by atoms with Gasteiger partial charge < -0.3 is 0 Å². The molecule has 0 aliphatic carbocycles. The van der Waals surface area contributed by atoms with E-state index in [1.807, 2.05) is 48.5 Å². The van der Waals surface area contributed by atoms with Crippen molar-refractivity contribution < 1.29 is 4.79 Å². The van der Waals surface area contributed by atoms with Gasteiger partial charge in [0.15, 0.2) is 5.78 Å². The maximum atomic E-state index is 12.5. The summed E-state index contributed by atoms with van der Waals surface area (Å²) in [5, 5.41) is 1.06. The van der Waals surface area contributed by atoms with Crippen molar-refractivity contribution in [3.8, 4) is 0 Å². The number of rotatable bonds is 7. The molecule has 0 amide bonds. The van der Waals surface area contributed by atoms with Crippen LogP contribution in [-0.2, 0) is 0 Å². The van der Waals surface area contributed by atoms with Crippen LogP contribution < -0.4 is 0 Å². The summed E-state index contributed by atoms with van der Waals surface area (Å²) in [6.07, 6.45) is 3.57. The first-order valence-electron chi connectivity index (χ1n) is 7.48. The summed E-state index contributed by atoms with van der Waals surface area (Å²) in [4.78, 5) is 12.5. The molecule has 0 saturated carbocycles. The molecule has 1 nitrogen and oxygen atoms in total. The minimum absolute atomic E-state index is 0.102. The average molecular weight is 345 g/mol. The number of hydrogen-bond acceptors (Lipinski definition) is 1. The maximum Gasteiger partial charge on any atom is 0.193 e. The van der Waals surface area contributed by atoms with Crippen molar-refractivity contribution in [2.45, 2.75) is 32.1 Å². The van der Waals surface area contributed by atoms with Crippen LogP contribution in [0.4, 0.5) is 0 Å². The predicted molar refractivity (Wildman–Crippen MR) is 92.4 cm³/mol. The second kappa shape index (κ2) is 8.14. The SMILES string of the molecule is CC(CCCCBr)c1cccc(C(=O)c2ccccc2)c1. The molecule has 1 unspecified atom stereocenters. The van der Waals surface area contributed by atoms with E-state index in [2.05, 4.69) is 28.9 Å². The Morgan fingerprint density at radius 3 is 2.43 bits per heavy atom. The van der Waals surface area contributed by atoms with E-state index in [9.17, 15) is 4.79 Å². The third-order valence-corrected chi connectivity index (χ3v) is 4.34. The number of alkyl halides is 1. The van der Waals surface area contributed by atoms with Gasteiger partial charge in [0.2, 0.25) is 0 Å². The van der Waals surface area contributed by atoms with Crippen LogP contribution in [0.15, 0.2) is 54.6 Å². The summed E-state index contributed by atoms with van der Waals surface area (Å²) in [6.45, 7) is 2.24. The largest absolute Gasteiger partial charge is 0.289 e. The van der Waals surface area contributed by atoms with Crippen LogP contribution in [-0.4, -0.2) is 11.1 Å². The first kappa shape index (κ1) is 16.0. The van der Waals surface area contributed by atoms with Crippen molar-refractivity contribution in [1.29, 1.82) is 0 Å². The topological polar surface area (TPSA) is 17.1 Å². The summed E-state index contributed by atoms with van der Waals surface area (Å²) >= 11 is 3.47. The fourth-order valence-corrected chi connectivity index (χ4v) is 2.85. The molecule has 0 fully saturated rings. The Morgan fingerprint density at radius 2 is 1.71 bits per heavy atom. The van der Waals surface area contributed by atoms with Gasteiger partial charge in [0.25, 0.3) is 0 Å². The van der Waals surface area contributed by atoms with Crippen LogP contribution in [0.2, 0.25) is 0 Å². The Kier molecular flexibility index (Phi) is 6.19. The molecule has 1 atom stereocenters. The molecule has 2 aromatic rings. The summed E-state index contributed by atoms with van der Waals surface area (Å²) in [5.74, 6) is 0.595. The van der Waals surface area contributed by atoms with Gasteiger partial charge in [0, 0.05) is 16.5 Å². The van der Waals surface area contributed by atoms with Gasteiger partial charge in [-0.25, -0.2) is 0 Å². The zero-order valence-electron chi connectivity index (χ0n) is 12.4. The van der Waals surface area contributed by atoms with Gasteiger partial charge in [0.1, 0.15) is 0 Å². The number of carbonyl (C=O) groups is 1. The first-order chi connectivity index (χ1) is 10.2. The van der Waals surface area contributed by atoms with Gasteiger partial charge in [-0.15, -0.1) is 0 Å². The lowest BCUT2D eigenvalue weighted by molar-refractivity contribution is 0.103. The molecular formula is C19H21BrO. The van der Waals surface area contributed by atoms with E-state index in [1.165, 1.54) is 18.4 Å². The molecule has 0 bridgehead atoms. The third-order valence-electron chi connectivity index (χ3n) is 3.77. The second-order valence-electron chi connectivity index (χ2n) is 5.41. The van der Waals surface area contributed by atoms with Crippen molar-refractivity contribution in [2.24, 2.45) is 0 Å². The number of ketones is 1. The fraction of sp³-hybridized carbons (Fsp3) is 0.316. The highest BCUT2D eigenvalue weighted by Gasteiger charge is 2.11. The van der Waals surface area contributed by atoms with Crippen molar-refractivity contribution in [2.75, 3.05) is 5.33 Å². The summed E-state index contributed by atoms with van der Waals surface area (Å²) in [6, 6.07) is 17.5. The van der Waals surface area contributed by atoms with Gasteiger partial charge in [-0.1, -0.05) is 77.8 Å². The quantitative estimate of drug-likeness (QED) is 0.363. The summed E-state index contributed by atoms with van der Waals surface area (Å²) in [7, 11) is 0. The van der Waals surface area contributed by atoms with Crippen molar-refractivity contribution in [3.63, 3.8) is 0 Å². The standard InChI is InChI=1S/C19H21BrO/c1-15(8-5-6-13-20)17-11-7-12-18(14-17)19(21)16-9-3-2-4-10-16/h2-4,7,9-12,14-15H,5-6,8,13H2,1H3. The fourth-order valence-electron chi connectivity index (χ4n) is 2.45. The zero-order valence-corrected chi connectivity index (χ0v) is 14.0. The van der Waals surface area contributed by atoms with Crippen LogP contribution in [0.1, 0.15) is 53.6 Å².